The number of rotatable bonds is 4. The molecular formula is C23H29NO3. The van der Waals surface area contributed by atoms with E-state index in [2.05, 4.69) is 49.1 Å². The summed E-state index contributed by atoms with van der Waals surface area (Å²) in [5, 5.41) is 10.2. The van der Waals surface area contributed by atoms with Crippen molar-refractivity contribution in [3.8, 4) is 11.5 Å². The molecule has 1 aromatic carbocycles. The lowest BCUT2D eigenvalue weighted by atomic mass is 9.69. The van der Waals surface area contributed by atoms with Crippen LogP contribution in [0.4, 0.5) is 0 Å². The lowest BCUT2D eigenvalue weighted by molar-refractivity contribution is 0.0815. The Balaban J connectivity index is 1.76. The fraction of sp³-hybridized carbons (Fsp3) is 0.478. The molecule has 0 amide bonds. The number of nitrogens with zero attached hydrogens (tertiary/aromatic N) is 1. The SMILES string of the molecule is C/C=C\C(=C/C)CN1CCC23C=CC(O)CC2Oc2c(OC)ccc(c23)C1. The summed E-state index contributed by atoms with van der Waals surface area (Å²) in [5.74, 6) is 1.67. The van der Waals surface area contributed by atoms with Gasteiger partial charge in [-0.1, -0.05) is 36.4 Å². The van der Waals surface area contributed by atoms with Crippen molar-refractivity contribution in [3.63, 3.8) is 0 Å². The van der Waals surface area contributed by atoms with E-state index in [-0.39, 0.29) is 11.5 Å². The molecule has 4 rings (SSSR count). The molecule has 2 heterocycles. The zero-order valence-electron chi connectivity index (χ0n) is 16.4. The van der Waals surface area contributed by atoms with Crippen molar-refractivity contribution in [3.05, 3.63) is 59.2 Å². The van der Waals surface area contributed by atoms with Gasteiger partial charge in [0.2, 0.25) is 0 Å². The third-order valence-electron chi connectivity index (χ3n) is 6.19. The Morgan fingerprint density at radius 1 is 1.41 bits per heavy atom. The number of methoxy groups -OCH3 is 1. The van der Waals surface area contributed by atoms with Crippen LogP contribution < -0.4 is 9.47 Å². The largest absolute Gasteiger partial charge is 0.493 e. The highest BCUT2D eigenvalue weighted by Gasteiger charge is 2.52. The summed E-state index contributed by atoms with van der Waals surface area (Å²) in [7, 11) is 1.69. The molecule has 4 nitrogen and oxygen atoms in total. The Morgan fingerprint density at radius 2 is 2.26 bits per heavy atom. The second-order valence-electron chi connectivity index (χ2n) is 7.76. The first-order valence-electron chi connectivity index (χ1n) is 9.86. The Morgan fingerprint density at radius 3 is 3.00 bits per heavy atom. The summed E-state index contributed by atoms with van der Waals surface area (Å²) in [6.45, 7) is 6.99. The summed E-state index contributed by atoms with van der Waals surface area (Å²) in [6.07, 6.45) is 11.8. The lowest BCUT2D eigenvalue weighted by Crippen LogP contribution is -2.43. The number of benzene rings is 1. The Hall–Kier alpha value is -2.04. The molecule has 0 saturated carbocycles. The van der Waals surface area contributed by atoms with Crippen molar-refractivity contribution in [2.24, 2.45) is 0 Å². The standard InChI is InChI=1S/C23H29NO3/c1-4-6-16(5-2)14-24-12-11-23-10-9-18(25)13-20(23)27-22-19(26-3)8-7-17(15-24)21(22)23/h4-10,18,20,25H,11-15H2,1-3H3/b6-4-,16-5+. The first kappa shape index (κ1) is 18.3. The first-order valence-corrected chi connectivity index (χ1v) is 9.86. The van der Waals surface area contributed by atoms with Crippen molar-refractivity contribution in [1.82, 2.24) is 4.90 Å². The second-order valence-corrected chi connectivity index (χ2v) is 7.76. The molecule has 1 N–H and O–H groups in total. The number of aliphatic hydroxyl groups excluding tert-OH is 1. The van der Waals surface area contributed by atoms with Crippen LogP contribution in [0.3, 0.4) is 0 Å². The average Bonchev–Trinajstić information content (AvgIpc) is 2.91. The van der Waals surface area contributed by atoms with Crippen LogP contribution in [0.2, 0.25) is 0 Å². The number of allylic oxidation sites excluding steroid dienone is 2. The smallest absolute Gasteiger partial charge is 0.166 e. The Kier molecular flexibility index (Phi) is 4.87. The highest BCUT2D eigenvalue weighted by molar-refractivity contribution is 5.61. The minimum Gasteiger partial charge on any atom is -0.493 e. The fourth-order valence-electron chi connectivity index (χ4n) is 4.84. The van der Waals surface area contributed by atoms with Gasteiger partial charge < -0.3 is 14.6 Å². The summed E-state index contributed by atoms with van der Waals surface area (Å²) in [4.78, 5) is 2.51. The van der Waals surface area contributed by atoms with Gasteiger partial charge in [-0.3, -0.25) is 4.90 Å². The van der Waals surface area contributed by atoms with Crippen molar-refractivity contribution in [1.29, 1.82) is 0 Å². The van der Waals surface area contributed by atoms with E-state index in [4.69, 9.17) is 9.47 Å². The van der Waals surface area contributed by atoms with Crippen LogP contribution in [-0.2, 0) is 12.0 Å². The zero-order valence-corrected chi connectivity index (χ0v) is 16.4. The normalized spacial score (nSPS) is 30.0. The maximum absolute atomic E-state index is 10.2. The number of hydrogen-bond donors (Lipinski definition) is 1. The van der Waals surface area contributed by atoms with Gasteiger partial charge >= 0.3 is 0 Å². The van der Waals surface area contributed by atoms with Gasteiger partial charge in [0.05, 0.1) is 18.6 Å². The molecule has 1 aromatic rings. The Bertz CT molecular complexity index is 810. The van der Waals surface area contributed by atoms with Crippen LogP contribution in [0.15, 0.2) is 48.1 Å². The number of hydrogen-bond acceptors (Lipinski definition) is 4. The lowest BCUT2D eigenvalue weighted by Gasteiger charge is -2.36. The van der Waals surface area contributed by atoms with E-state index < -0.39 is 6.10 Å². The number of ether oxygens (including phenoxy) is 2. The van der Waals surface area contributed by atoms with E-state index in [0.717, 1.165) is 37.6 Å². The summed E-state index contributed by atoms with van der Waals surface area (Å²) >= 11 is 0. The molecular weight excluding hydrogens is 338 g/mol. The van der Waals surface area contributed by atoms with Gasteiger partial charge in [-0.25, -0.2) is 0 Å². The second kappa shape index (κ2) is 7.17. The third-order valence-corrected chi connectivity index (χ3v) is 6.19. The highest BCUT2D eigenvalue weighted by atomic mass is 16.5. The minimum atomic E-state index is -0.437. The minimum absolute atomic E-state index is 0.0285. The molecule has 0 fully saturated rings. The van der Waals surface area contributed by atoms with Crippen LogP contribution in [0, 0.1) is 0 Å². The molecule has 2 aliphatic heterocycles. The first-order chi connectivity index (χ1) is 13.1. The van der Waals surface area contributed by atoms with E-state index >= 15 is 0 Å². The van der Waals surface area contributed by atoms with Crippen molar-refractivity contribution >= 4 is 0 Å². The van der Waals surface area contributed by atoms with E-state index in [9.17, 15) is 5.11 Å². The topological polar surface area (TPSA) is 41.9 Å². The van der Waals surface area contributed by atoms with Gasteiger partial charge in [0.15, 0.2) is 11.5 Å². The predicted octanol–water partition coefficient (Wildman–Crippen LogP) is 3.74. The molecule has 27 heavy (non-hydrogen) atoms. The maximum atomic E-state index is 10.2. The fourth-order valence-corrected chi connectivity index (χ4v) is 4.84. The molecule has 1 aliphatic carbocycles. The molecule has 3 unspecified atom stereocenters. The van der Waals surface area contributed by atoms with E-state index in [0.29, 0.717) is 6.42 Å². The highest BCUT2D eigenvalue weighted by Crippen LogP contribution is 2.55. The zero-order chi connectivity index (χ0) is 19.0. The van der Waals surface area contributed by atoms with Crippen LogP contribution in [0.25, 0.3) is 0 Å². The average molecular weight is 367 g/mol. The Labute approximate surface area is 161 Å². The number of aliphatic hydroxyl groups is 1. The van der Waals surface area contributed by atoms with Crippen molar-refractivity contribution in [2.45, 2.75) is 50.9 Å². The van der Waals surface area contributed by atoms with Gasteiger partial charge in [-0.05, 0) is 37.5 Å². The van der Waals surface area contributed by atoms with Crippen molar-refractivity contribution < 1.29 is 14.6 Å². The quantitative estimate of drug-likeness (QED) is 0.650. The van der Waals surface area contributed by atoms with Crippen LogP contribution in [-0.4, -0.2) is 42.4 Å². The van der Waals surface area contributed by atoms with E-state index in [1.165, 1.54) is 16.7 Å². The maximum Gasteiger partial charge on any atom is 0.166 e. The van der Waals surface area contributed by atoms with Gasteiger partial charge in [-0.2, -0.15) is 0 Å². The molecule has 0 aromatic heterocycles. The van der Waals surface area contributed by atoms with Gasteiger partial charge in [0.1, 0.15) is 6.10 Å². The van der Waals surface area contributed by atoms with E-state index in [1.807, 2.05) is 12.1 Å². The molecule has 3 aliphatic rings. The van der Waals surface area contributed by atoms with Gasteiger partial charge in [0.25, 0.3) is 0 Å². The van der Waals surface area contributed by atoms with Crippen LogP contribution >= 0.6 is 0 Å². The molecule has 0 saturated heterocycles. The third kappa shape index (κ3) is 3.01. The van der Waals surface area contributed by atoms with Gasteiger partial charge in [0, 0.05) is 31.6 Å². The molecule has 0 radical (unpaired) electrons. The summed E-state index contributed by atoms with van der Waals surface area (Å²) < 4.78 is 12.0. The molecule has 3 atom stereocenters. The van der Waals surface area contributed by atoms with Gasteiger partial charge in [-0.15, -0.1) is 0 Å². The van der Waals surface area contributed by atoms with E-state index in [1.54, 1.807) is 7.11 Å². The van der Waals surface area contributed by atoms with Crippen LogP contribution in [0.1, 0.15) is 37.8 Å². The molecule has 4 heteroatoms. The monoisotopic (exact) mass is 367 g/mol. The molecule has 144 valence electrons. The summed E-state index contributed by atoms with van der Waals surface area (Å²) in [6, 6.07) is 4.21. The molecule has 1 spiro atoms. The van der Waals surface area contributed by atoms with Crippen molar-refractivity contribution in [2.75, 3.05) is 20.2 Å². The van der Waals surface area contributed by atoms with Crippen LogP contribution in [0.5, 0.6) is 11.5 Å². The summed E-state index contributed by atoms with van der Waals surface area (Å²) in [5.41, 5.74) is 3.75. The molecule has 0 bridgehead atoms. The predicted molar refractivity (Wildman–Crippen MR) is 107 cm³/mol.